The third-order valence-corrected chi connectivity index (χ3v) is 6.17. The van der Waals surface area contributed by atoms with E-state index in [-0.39, 0.29) is 27.6 Å². The monoisotopic (exact) mass is 437 g/mol. The molecular formula is C22H16FN3O4S. The highest BCUT2D eigenvalue weighted by Gasteiger charge is 2.49. The number of benzene rings is 1. The number of carbonyl (C=O) groups is 3. The van der Waals surface area contributed by atoms with Gasteiger partial charge in [-0.05, 0) is 25.1 Å². The maximum Gasteiger partial charge on any atom is 0.301 e. The van der Waals surface area contributed by atoms with Gasteiger partial charge in [0.2, 0.25) is 0 Å². The zero-order valence-electron chi connectivity index (χ0n) is 16.5. The van der Waals surface area contributed by atoms with Crippen molar-refractivity contribution in [3.63, 3.8) is 0 Å². The minimum absolute atomic E-state index is 0.0227. The standard InChI is InChI=1S/C22H16FN3O4S/c1-11-20(12(2)27)31-22(25-11)26-17(14-5-3-4-6-15(14)23)16(19(29)21(26)30)18(28)13-7-9-24-10-8-13/h3-10,17,28H,1-2H3/b18-16+. The van der Waals surface area contributed by atoms with Gasteiger partial charge in [0.1, 0.15) is 17.6 Å². The van der Waals surface area contributed by atoms with E-state index < -0.39 is 29.3 Å². The summed E-state index contributed by atoms with van der Waals surface area (Å²) in [7, 11) is 0. The number of Topliss-reactive ketones (excluding diaryl/α,β-unsaturated/α-hetero) is 2. The molecule has 4 rings (SSSR count). The van der Waals surface area contributed by atoms with Gasteiger partial charge in [0.15, 0.2) is 10.9 Å². The van der Waals surface area contributed by atoms with Crippen molar-refractivity contribution >= 4 is 39.7 Å². The quantitative estimate of drug-likeness (QED) is 0.288. The Labute approximate surface area is 180 Å². The fourth-order valence-corrected chi connectivity index (χ4v) is 4.49. The highest BCUT2D eigenvalue weighted by Crippen LogP contribution is 2.44. The van der Waals surface area contributed by atoms with Crippen molar-refractivity contribution < 1.29 is 23.9 Å². The Morgan fingerprint density at radius 3 is 2.45 bits per heavy atom. The van der Waals surface area contributed by atoms with Crippen molar-refractivity contribution in [2.24, 2.45) is 0 Å². The molecule has 1 unspecified atom stereocenters. The number of carbonyl (C=O) groups excluding carboxylic acids is 3. The van der Waals surface area contributed by atoms with Crippen LogP contribution in [0.1, 0.15) is 39.5 Å². The minimum Gasteiger partial charge on any atom is -0.507 e. The molecule has 1 aliphatic heterocycles. The van der Waals surface area contributed by atoms with Gasteiger partial charge in [0.25, 0.3) is 5.78 Å². The van der Waals surface area contributed by atoms with Gasteiger partial charge in [-0.25, -0.2) is 9.37 Å². The topological polar surface area (TPSA) is 100 Å². The molecule has 0 saturated carbocycles. The summed E-state index contributed by atoms with van der Waals surface area (Å²) >= 11 is 0.940. The number of halogens is 1. The molecule has 0 bridgehead atoms. The molecule has 3 heterocycles. The molecule has 9 heteroatoms. The van der Waals surface area contributed by atoms with E-state index in [1.54, 1.807) is 13.0 Å². The summed E-state index contributed by atoms with van der Waals surface area (Å²) in [6, 6.07) is 7.39. The van der Waals surface area contributed by atoms with E-state index in [1.807, 2.05) is 0 Å². The number of pyridine rings is 1. The number of thiazole rings is 1. The molecule has 2 aromatic heterocycles. The van der Waals surface area contributed by atoms with Gasteiger partial charge in [-0.1, -0.05) is 29.5 Å². The van der Waals surface area contributed by atoms with Crippen molar-refractivity contribution in [2.75, 3.05) is 4.90 Å². The molecule has 3 aromatic rings. The Hall–Kier alpha value is -3.72. The number of ketones is 2. The molecule has 1 atom stereocenters. The number of hydrogen-bond acceptors (Lipinski definition) is 7. The number of amides is 1. The molecule has 156 valence electrons. The summed E-state index contributed by atoms with van der Waals surface area (Å²) in [4.78, 5) is 47.4. The molecule has 1 saturated heterocycles. The van der Waals surface area contributed by atoms with Crippen LogP contribution < -0.4 is 4.90 Å². The van der Waals surface area contributed by atoms with E-state index in [0.29, 0.717) is 10.6 Å². The zero-order valence-corrected chi connectivity index (χ0v) is 17.3. The van der Waals surface area contributed by atoms with Crippen molar-refractivity contribution in [1.29, 1.82) is 0 Å². The Morgan fingerprint density at radius 2 is 1.84 bits per heavy atom. The number of nitrogens with zero attached hydrogens (tertiary/aromatic N) is 3. The van der Waals surface area contributed by atoms with Gasteiger partial charge in [0.05, 0.1) is 16.1 Å². The van der Waals surface area contributed by atoms with E-state index in [9.17, 15) is 23.9 Å². The number of aryl methyl sites for hydroxylation is 1. The van der Waals surface area contributed by atoms with Gasteiger partial charge in [-0.15, -0.1) is 0 Å². The summed E-state index contributed by atoms with van der Waals surface area (Å²) in [5.74, 6) is -3.28. The molecule has 1 aromatic carbocycles. The van der Waals surface area contributed by atoms with Crippen molar-refractivity contribution in [3.05, 3.63) is 81.9 Å². The predicted molar refractivity (Wildman–Crippen MR) is 112 cm³/mol. The highest BCUT2D eigenvalue weighted by molar-refractivity contribution is 7.18. The molecule has 31 heavy (non-hydrogen) atoms. The first-order valence-corrected chi connectivity index (χ1v) is 10.1. The number of aliphatic hydroxyl groups excluding tert-OH is 1. The van der Waals surface area contributed by atoms with Crippen LogP contribution in [0, 0.1) is 12.7 Å². The number of anilines is 1. The van der Waals surface area contributed by atoms with Gasteiger partial charge in [-0.2, -0.15) is 0 Å². The predicted octanol–water partition coefficient (Wildman–Crippen LogP) is 3.81. The van der Waals surface area contributed by atoms with Crippen molar-refractivity contribution in [3.8, 4) is 0 Å². The molecule has 1 fully saturated rings. The number of rotatable bonds is 4. The van der Waals surface area contributed by atoms with Crippen LogP contribution in [0.5, 0.6) is 0 Å². The SMILES string of the molecule is CC(=O)c1sc(N2C(=O)C(=O)/C(=C(/O)c3ccncc3)C2c2ccccc2F)nc1C. The fraction of sp³-hybridized carbons (Fsp3) is 0.136. The van der Waals surface area contributed by atoms with Gasteiger partial charge in [-0.3, -0.25) is 24.3 Å². The Kier molecular flexibility index (Phi) is 5.20. The van der Waals surface area contributed by atoms with Crippen LogP contribution in [-0.2, 0) is 9.59 Å². The lowest BCUT2D eigenvalue weighted by atomic mass is 9.95. The highest BCUT2D eigenvalue weighted by atomic mass is 32.1. The van der Waals surface area contributed by atoms with Crippen LogP contribution in [0.25, 0.3) is 5.76 Å². The average molecular weight is 437 g/mol. The smallest absolute Gasteiger partial charge is 0.301 e. The summed E-state index contributed by atoms with van der Waals surface area (Å²) in [5, 5.41) is 11.0. The summed E-state index contributed by atoms with van der Waals surface area (Å²) in [5.41, 5.74) is 0.415. The zero-order chi connectivity index (χ0) is 22.3. The second-order valence-electron chi connectivity index (χ2n) is 6.89. The minimum atomic E-state index is -1.25. The molecular weight excluding hydrogens is 421 g/mol. The van der Waals surface area contributed by atoms with Crippen LogP contribution in [0.15, 0.2) is 54.4 Å². The fourth-order valence-electron chi connectivity index (χ4n) is 3.50. The van der Waals surface area contributed by atoms with Crippen LogP contribution in [0.2, 0.25) is 0 Å². The maximum atomic E-state index is 14.8. The van der Waals surface area contributed by atoms with E-state index in [2.05, 4.69) is 9.97 Å². The van der Waals surface area contributed by atoms with Crippen molar-refractivity contribution in [2.45, 2.75) is 19.9 Å². The second-order valence-corrected chi connectivity index (χ2v) is 7.87. The third kappa shape index (κ3) is 3.42. The molecule has 1 amide bonds. The lowest BCUT2D eigenvalue weighted by molar-refractivity contribution is -0.132. The van der Waals surface area contributed by atoms with Gasteiger partial charge in [0, 0.05) is 30.4 Å². The Morgan fingerprint density at radius 1 is 1.16 bits per heavy atom. The van der Waals surface area contributed by atoms with Crippen LogP contribution in [0.4, 0.5) is 9.52 Å². The molecule has 1 N–H and O–H groups in total. The number of hydrogen-bond donors (Lipinski definition) is 1. The van der Waals surface area contributed by atoms with Crippen molar-refractivity contribution in [1.82, 2.24) is 9.97 Å². The second kappa shape index (κ2) is 7.84. The largest absolute Gasteiger partial charge is 0.507 e. The average Bonchev–Trinajstić information content (AvgIpc) is 3.26. The summed E-state index contributed by atoms with van der Waals surface area (Å²) in [6.07, 6.45) is 2.85. The Bertz CT molecular complexity index is 1250. The summed E-state index contributed by atoms with van der Waals surface area (Å²) in [6.45, 7) is 2.98. The molecule has 0 spiro atoms. The van der Waals surface area contributed by atoms with Gasteiger partial charge < -0.3 is 5.11 Å². The first-order chi connectivity index (χ1) is 14.8. The third-order valence-electron chi connectivity index (χ3n) is 4.91. The lowest BCUT2D eigenvalue weighted by Gasteiger charge is -2.23. The number of aromatic nitrogens is 2. The van der Waals surface area contributed by atoms with E-state index in [1.165, 1.54) is 49.6 Å². The number of aliphatic hydroxyl groups is 1. The molecule has 0 aliphatic carbocycles. The molecule has 0 radical (unpaired) electrons. The van der Waals surface area contributed by atoms with Crippen LogP contribution >= 0.6 is 11.3 Å². The van der Waals surface area contributed by atoms with Crippen LogP contribution in [0.3, 0.4) is 0 Å². The van der Waals surface area contributed by atoms with Crippen LogP contribution in [-0.4, -0.2) is 32.5 Å². The normalized spacial score (nSPS) is 17.9. The van der Waals surface area contributed by atoms with E-state index in [4.69, 9.17) is 0 Å². The first kappa shape index (κ1) is 20.5. The summed E-state index contributed by atoms with van der Waals surface area (Å²) < 4.78 is 14.8. The molecule has 1 aliphatic rings. The molecule has 7 nitrogen and oxygen atoms in total. The van der Waals surface area contributed by atoms with E-state index in [0.717, 1.165) is 16.2 Å². The maximum absolute atomic E-state index is 14.8. The Balaban J connectivity index is 1.98. The first-order valence-electron chi connectivity index (χ1n) is 9.25. The lowest BCUT2D eigenvalue weighted by Crippen LogP contribution is -2.29. The van der Waals surface area contributed by atoms with E-state index >= 15 is 0 Å². The van der Waals surface area contributed by atoms with Gasteiger partial charge >= 0.3 is 5.91 Å².